The molecule has 0 saturated carbocycles. The van der Waals surface area contributed by atoms with Gasteiger partial charge in [-0.25, -0.2) is 4.39 Å². The molecule has 0 aliphatic heterocycles. The van der Waals surface area contributed by atoms with Crippen LogP contribution in [0.15, 0.2) is 18.2 Å². The number of likely N-dealkylation sites (N-methyl/N-ethyl adjacent to an activating group) is 1. The molecule has 3 N–H and O–H groups in total. The number of halogens is 1. The molecule has 5 heteroatoms. The second-order valence-electron chi connectivity index (χ2n) is 5.68. The molecule has 0 bridgehead atoms. The van der Waals surface area contributed by atoms with Crippen molar-refractivity contribution < 1.29 is 9.18 Å². The third-order valence-electron chi connectivity index (χ3n) is 4.04. The molecule has 0 fully saturated rings. The van der Waals surface area contributed by atoms with Gasteiger partial charge in [0.25, 0.3) is 0 Å². The van der Waals surface area contributed by atoms with Gasteiger partial charge in [0.1, 0.15) is 5.82 Å². The predicted molar refractivity (Wildman–Crippen MR) is 81.0 cm³/mol. The van der Waals surface area contributed by atoms with E-state index in [4.69, 9.17) is 5.73 Å². The largest absolute Gasteiger partial charge is 0.396 e. The van der Waals surface area contributed by atoms with E-state index >= 15 is 0 Å². The molecule has 0 heterocycles. The molecule has 0 aliphatic carbocycles. The Labute approximate surface area is 120 Å². The Morgan fingerprint density at radius 1 is 1.50 bits per heavy atom. The molecule has 0 saturated heterocycles. The van der Waals surface area contributed by atoms with Crippen molar-refractivity contribution >= 4 is 17.3 Å². The second kappa shape index (κ2) is 6.22. The lowest BCUT2D eigenvalue weighted by atomic mass is 9.98. The highest BCUT2D eigenvalue weighted by Gasteiger charge is 2.29. The smallest absolute Gasteiger partial charge is 0.241 e. The summed E-state index contributed by atoms with van der Waals surface area (Å²) in [6, 6.07) is 3.87. The molecule has 1 aromatic rings. The molecule has 1 atom stereocenters. The number of benzene rings is 1. The summed E-state index contributed by atoms with van der Waals surface area (Å²) in [6.07, 6.45) is 0.935. The van der Waals surface area contributed by atoms with E-state index in [2.05, 4.69) is 26.1 Å². The number of hydrogen-bond donors (Lipinski definition) is 2. The van der Waals surface area contributed by atoms with Gasteiger partial charge in [-0.05, 0) is 52.4 Å². The Morgan fingerprint density at radius 3 is 2.60 bits per heavy atom. The minimum absolute atomic E-state index is 0.0256. The fourth-order valence-corrected chi connectivity index (χ4v) is 1.82. The third-order valence-corrected chi connectivity index (χ3v) is 4.04. The van der Waals surface area contributed by atoms with Crippen molar-refractivity contribution in [2.45, 2.75) is 45.7 Å². The highest BCUT2D eigenvalue weighted by Crippen LogP contribution is 2.21. The molecular weight excluding hydrogens is 257 g/mol. The van der Waals surface area contributed by atoms with Crippen molar-refractivity contribution in [2.24, 2.45) is 0 Å². The van der Waals surface area contributed by atoms with E-state index < -0.39 is 5.82 Å². The average Bonchev–Trinajstić information content (AvgIpc) is 2.41. The minimum atomic E-state index is -0.486. The first-order chi connectivity index (χ1) is 9.19. The number of nitrogens with two attached hydrogens (primary N) is 1. The number of carbonyl (C=O) groups excluding carboxylic acids is 1. The van der Waals surface area contributed by atoms with E-state index in [1.54, 1.807) is 0 Å². The van der Waals surface area contributed by atoms with Crippen LogP contribution in [-0.4, -0.2) is 29.4 Å². The Morgan fingerprint density at radius 2 is 2.10 bits per heavy atom. The number of hydrogen-bond acceptors (Lipinski definition) is 3. The van der Waals surface area contributed by atoms with Crippen molar-refractivity contribution in [3.05, 3.63) is 24.0 Å². The summed E-state index contributed by atoms with van der Waals surface area (Å²) in [5, 5.41) is 2.76. The Balaban J connectivity index is 2.77. The molecular formula is C15H24FN3O. The summed E-state index contributed by atoms with van der Waals surface area (Å²) in [6.45, 7) is 8.11. The number of nitrogen functional groups attached to an aromatic ring is 1. The van der Waals surface area contributed by atoms with Crippen LogP contribution in [0.2, 0.25) is 0 Å². The van der Waals surface area contributed by atoms with Crippen LogP contribution in [0.3, 0.4) is 0 Å². The monoisotopic (exact) mass is 281 g/mol. The maximum atomic E-state index is 13.1. The summed E-state index contributed by atoms with van der Waals surface area (Å²) < 4.78 is 13.1. The van der Waals surface area contributed by atoms with Crippen LogP contribution in [0.5, 0.6) is 0 Å². The van der Waals surface area contributed by atoms with Gasteiger partial charge in [0, 0.05) is 11.2 Å². The highest BCUT2D eigenvalue weighted by molar-refractivity contribution is 5.94. The van der Waals surface area contributed by atoms with E-state index in [-0.39, 0.29) is 23.2 Å². The molecule has 0 aromatic heterocycles. The standard InChI is InChI=1S/C15H24FN3O/c1-6-15(3,4)19(5)10(2)14(20)18-11-7-8-12(16)13(17)9-11/h7-10H,6,17H2,1-5H3,(H,18,20). The zero-order valence-electron chi connectivity index (χ0n) is 12.8. The van der Waals surface area contributed by atoms with Gasteiger partial charge in [0.05, 0.1) is 11.7 Å². The highest BCUT2D eigenvalue weighted by atomic mass is 19.1. The van der Waals surface area contributed by atoms with E-state index in [0.717, 1.165) is 6.42 Å². The van der Waals surface area contributed by atoms with E-state index in [1.807, 2.05) is 18.9 Å². The van der Waals surface area contributed by atoms with Gasteiger partial charge in [-0.1, -0.05) is 6.92 Å². The molecule has 0 aliphatic rings. The van der Waals surface area contributed by atoms with Crippen LogP contribution < -0.4 is 11.1 Å². The molecule has 0 spiro atoms. The molecule has 112 valence electrons. The zero-order valence-corrected chi connectivity index (χ0v) is 12.8. The lowest BCUT2D eigenvalue weighted by Gasteiger charge is -2.38. The Bertz CT molecular complexity index is 488. The van der Waals surface area contributed by atoms with Gasteiger partial charge in [-0.15, -0.1) is 0 Å². The van der Waals surface area contributed by atoms with E-state index in [1.165, 1.54) is 18.2 Å². The predicted octanol–water partition coefficient (Wildman–Crippen LogP) is 2.86. The summed E-state index contributed by atoms with van der Waals surface area (Å²) in [7, 11) is 1.92. The quantitative estimate of drug-likeness (QED) is 0.816. The van der Waals surface area contributed by atoms with Gasteiger partial charge in [-0.2, -0.15) is 0 Å². The molecule has 1 rings (SSSR count). The van der Waals surface area contributed by atoms with Gasteiger partial charge in [0.15, 0.2) is 0 Å². The average molecular weight is 281 g/mol. The van der Waals surface area contributed by atoms with Gasteiger partial charge < -0.3 is 11.1 Å². The fraction of sp³-hybridized carbons (Fsp3) is 0.533. The van der Waals surface area contributed by atoms with Crippen molar-refractivity contribution in [3.63, 3.8) is 0 Å². The number of rotatable bonds is 5. The molecule has 1 aromatic carbocycles. The minimum Gasteiger partial charge on any atom is -0.396 e. The van der Waals surface area contributed by atoms with Crippen LogP contribution in [0, 0.1) is 5.82 Å². The van der Waals surface area contributed by atoms with Crippen LogP contribution >= 0.6 is 0 Å². The molecule has 20 heavy (non-hydrogen) atoms. The van der Waals surface area contributed by atoms with Crippen LogP contribution in [0.1, 0.15) is 34.1 Å². The number of carbonyl (C=O) groups is 1. The maximum absolute atomic E-state index is 13.1. The number of amides is 1. The number of nitrogens with zero attached hydrogens (tertiary/aromatic N) is 1. The summed E-state index contributed by atoms with van der Waals surface area (Å²) in [5.41, 5.74) is 5.94. The zero-order chi connectivity index (χ0) is 15.5. The lowest BCUT2D eigenvalue weighted by Crippen LogP contribution is -2.50. The summed E-state index contributed by atoms with van der Waals surface area (Å²) in [5.74, 6) is -0.625. The van der Waals surface area contributed by atoms with Crippen LogP contribution in [-0.2, 0) is 4.79 Å². The first-order valence-electron chi connectivity index (χ1n) is 6.78. The van der Waals surface area contributed by atoms with Crippen molar-refractivity contribution in [1.29, 1.82) is 0 Å². The SMILES string of the molecule is CCC(C)(C)N(C)C(C)C(=O)Nc1ccc(F)c(N)c1. The molecule has 0 radical (unpaired) electrons. The van der Waals surface area contributed by atoms with Crippen molar-refractivity contribution in [2.75, 3.05) is 18.1 Å². The van der Waals surface area contributed by atoms with Gasteiger partial charge in [-0.3, -0.25) is 9.69 Å². The topological polar surface area (TPSA) is 58.4 Å². The van der Waals surface area contributed by atoms with Crippen LogP contribution in [0.25, 0.3) is 0 Å². The van der Waals surface area contributed by atoms with Gasteiger partial charge in [0.2, 0.25) is 5.91 Å². The number of nitrogens with one attached hydrogen (secondary N) is 1. The van der Waals surface area contributed by atoms with Crippen LogP contribution in [0.4, 0.5) is 15.8 Å². The van der Waals surface area contributed by atoms with Gasteiger partial charge >= 0.3 is 0 Å². The Kier molecular flexibility index (Phi) is 5.11. The second-order valence-corrected chi connectivity index (χ2v) is 5.68. The summed E-state index contributed by atoms with van der Waals surface area (Å²) >= 11 is 0. The number of anilines is 2. The summed E-state index contributed by atoms with van der Waals surface area (Å²) in [4.78, 5) is 14.2. The maximum Gasteiger partial charge on any atom is 0.241 e. The van der Waals surface area contributed by atoms with Crippen molar-refractivity contribution in [1.82, 2.24) is 4.90 Å². The normalized spacial score (nSPS) is 13.3. The Hall–Kier alpha value is -1.62. The molecule has 1 amide bonds. The van der Waals surface area contributed by atoms with E-state index in [0.29, 0.717) is 5.69 Å². The molecule has 4 nitrogen and oxygen atoms in total. The first kappa shape index (κ1) is 16.4. The molecule has 1 unspecified atom stereocenters. The lowest BCUT2D eigenvalue weighted by molar-refractivity contribution is -0.122. The van der Waals surface area contributed by atoms with E-state index in [9.17, 15) is 9.18 Å². The fourth-order valence-electron chi connectivity index (χ4n) is 1.82. The first-order valence-corrected chi connectivity index (χ1v) is 6.78. The van der Waals surface area contributed by atoms with Crippen molar-refractivity contribution in [3.8, 4) is 0 Å². The third kappa shape index (κ3) is 3.70.